The van der Waals surface area contributed by atoms with Crippen molar-refractivity contribution in [2.24, 2.45) is 0 Å². The largest absolute Gasteiger partial charge is 1.00 e. The van der Waals surface area contributed by atoms with Crippen LogP contribution in [-0.4, -0.2) is 29.2 Å². The monoisotopic (exact) mass is 242 g/mol. The Labute approximate surface area is 109 Å². The summed E-state index contributed by atoms with van der Waals surface area (Å²) in [5, 5.41) is 17.5. The fraction of sp³-hybridized carbons (Fsp3) is 0. The molecule has 0 bridgehead atoms. The Morgan fingerprint density at radius 1 is 1.33 bits per heavy atom. The van der Waals surface area contributed by atoms with Crippen LogP contribution in [0.15, 0.2) is 23.1 Å². The van der Waals surface area contributed by atoms with Crippen LogP contribution in [0.5, 0.6) is 5.75 Å². The molecule has 0 heterocycles. The Bertz CT molecular complexity index is 486. The molecule has 1 aromatic rings. The molecule has 0 aliphatic rings. The van der Waals surface area contributed by atoms with Crippen molar-refractivity contribution < 1.29 is 59.0 Å². The molecule has 0 amide bonds. The second kappa shape index (κ2) is 4.95. The Kier molecular flexibility index (Phi) is 4.75. The maximum atomic E-state index is 10.7. The number of hydrogen-bond donors (Lipinski definition) is 3. The number of aromatic carboxylic acids is 1. The van der Waals surface area contributed by atoms with E-state index in [1.54, 1.807) is 0 Å². The summed E-state index contributed by atoms with van der Waals surface area (Å²) in [5.74, 6) is -1.94. The number of phenols is 1. The first-order valence-corrected chi connectivity index (χ1v) is 4.80. The molecule has 15 heavy (non-hydrogen) atoms. The van der Waals surface area contributed by atoms with Crippen molar-refractivity contribution in [3.63, 3.8) is 0 Å². The topological polar surface area (TPSA) is 112 Å². The van der Waals surface area contributed by atoms with Crippen molar-refractivity contribution in [2.75, 3.05) is 0 Å². The van der Waals surface area contributed by atoms with Crippen LogP contribution >= 0.6 is 0 Å². The third-order valence-electron chi connectivity index (χ3n) is 1.47. The third kappa shape index (κ3) is 3.47. The minimum absolute atomic E-state index is 0. The molecule has 0 saturated heterocycles. The summed E-state index contributed by atoms with van der Waals surface area (Å²) in [6, 6.07) is 2.52. The molecule has 1 aromatic carbocycles. The van der Waals surface area contributed by atoms with Gasteiger partial charge in [0.2, 0.25) is 0 Å². The van der Waals surface area contributed by atoms with Crippen LogP contribution < -0.4 is 29.6 Å². The van der Waals surface area contributed by atoms with Gasteiger partial charge in [-0.1, -0.05) is 0 Å². The predicted octanol–water partition coefficient (Wildman–Crippen LogP) is -2.55. The van der Waals surface area contributed by atoms with Gasteiger partial charge in [-0.05, 0) is 18.2 Å². The van der Waals surface area contributed by atoms with E-state index >= 15 is 0 Å². The van der Waals surface area contributed by atoms with Gasteiger partial charge in [0.1, 0.15) is 10.6 Å². The fourth-order valence-electron chi connectivity index (χ4n) is 0.910. The maximum Gasteiger partial charge on any atom is 1.00 e. The Balaban J connectivity index is 0. The van der Waals surface area contributed by atoms with Gasteiger partial charge in [0.05, 0.1) is 5.56 Å². The quantitative estimate of drug-likeness (QED) is 0.389. The van der Waals surface area contributed by atoms with Crippen LogP contribution in [0.1, 0.15) is 11.8 Å². The van der Waals surface area contributed by atoms with E-state index in [1.807, 2.05) is 0 Å². The average Bonchev–Trinajstić information content (AvgIpc) is 2.01. The van der Waals surface area contributed by atoms with E-state index in [0.717, 1.165) is 18.2 Å². The number of carboxylic acids is 1. The minimum atomic E-state index is -4.59. The molecule has 6 nitrogen and oxygen atoms in total. The molecule has 0 fully saturated rings. The fourth-order valence-corrected chi connectivity index (χ4v) is 1.57. The van der Waals surface area contributed by atoms with E-state index in [2.05, 4.69) is 0 Å². The van der Waals surface area contributed by atoms with Gasteiger partial charge in [-0.2, -0.15) is 8.42 Å². The molecule has 0 unspecified atom stereocenters. The molecule has 0 aliphatic carbocycles. The molecule has 1 rings (SSSR count). The molecule has 8 heteroatoms. The number of benzene rings is 1. The molecule has 3 N–H and O–H groups in total. The normalized spacial score (nSPS) is 10.5. The van der Waals surface area contributed by atoms with Crippen molar-refractivity contribution in [3.8, 4) is 5.75 Å². The van der Waals surface area contributed by atoms with E-state index in [0.29, 0.717) is 0 Å². The van der Waals surface area contributed by atoms with E-state index in [4.69, 9.17) is 14.8 Å². The van der Waals surface area contributed by atoms with Crippen LogP contribution in [0.2, 0.25) is 0 Å². The van der Waals surface area contributed by atoms with Crippen LogP contribution in [0, 0.1) is 0 Å². The second-order valence-electron chi connectivity index (χ2n) is 2.46. The summed E-state index contributed by atoms with van der Waals surface area (Å²) >= 11 is 0. The van der Waals surface area contributed by atoms with Gasteiger partial charge in [0.15, 0.2) is 0 Å². The van der Waals surface area contributed by atoms with Gasteiger partial charge in [-0.15, -0.1) is 0 Å². The van der Waals surface area contributed by atoms with Gasteiger partial charge in [0, 0.05) is 0 Å². The zero-order valence-electron chi connectivity index (χ0n) is 8.71. The van der Waals surface area contributed by atoms with Crippen LogP contribution in [0.4, 0.5) is 0 Å². The third-order valence-corrected chi connectivity index (χ3v) is 2.38. The van der Waals surface area contributed by atoms with Gasteiger partial charge >= 0.3 is 35.5 Å². The summed E-state index contributed by atoms with van der Waals surface area (Å²) in [6.07, 6.45) is 0. The van der Waals surface area contributed by atoms with Gasteiger partial charge < -0.3 is 11.6 Å². The Morgan fingerprint density at radius 2 is 1.87 bits per heavy atom. The maximum absolute atomic E-state index is 10.7. The molecule has 0 saturated carbocycles. The summed E-state index contributed by atoms with van der Waals surface area (Å²) in [4.78, 5) is 9.79. The molecule has 0 aliphatic heterocycles. The van der Waals surface area contributed by atoms with Gasteiger partial charge in [0.25, 0.3) is 10.1 Å². The predicted molar refractivity (Wildman–Crippen MR) is 46.0 cm³/mol. The average molecular weight is 242 g/mol. The molecular formula is C7H7NaO6S. The van der Waals surface area contributed by atoms with Crippen molar-refractivity contribution in [3.05, 3.63) is 23.8 Å². The van der Waals surface area contributed by atoms with E-state index in [1.165, 1.54) is 0 Å². The molecule has 0 radical (unpaired) electrons. The summed E-state index contributed by atoms with van der Waals surface area (Å²) in [6.45, 7) is 0. The van der Waals surface area contributed by atoms with Crippen molar-refractivity contribution >= 4 is 16.1 Å². The second-order valence-corrected chi connectivity index (χ2v) is 3.85. The van der Waals surface area contributed by atoms with E-state index in [-0.39, 0.29) is 31.0 Å². The number of hydrogen-bond acceptors (Lipinski definition) is 4. The van der Waals surface area contributed by atoms with Crippen LogP contribution in [-0.2, 0) is 10.1 Å². The number of aromatic hydroxyl groups is 1. The van der Waals surface area contributed by atoms with Crippen molar-refractivity contribution in [2.45, 2.75) is 4.90 Å². The Hall–Kier alpha value is -0.600. The first kappa shape index (κ1) is 14.4. The van der Waals surface area contributed by atoms with Crippen LogP contribution in [0.25, 0.3) is 0 Å². The standard InChI is InChI=1S/C7H6O6S.Na.H/c8-4-1-2-6(14(11,12)13)5(3-4)7(9)10;;/h1-3,8H,(H,9,10)(H,11,12,13);;/q;+1;-1. The summed E-state index contributed by atoms with van der Waals surface area (Å²) in [5.41, 5.74) is -0.674. The zero-order valence-corrected chi connectivity index (χ0v) is 10.5. The number of phenolic OH excluding ortho intramolecular Hbond substituents is 1. The van der Waals surface area contributed by atoms with E-state index < -0.39 is 32.3 Å². The smallest absolute Gasteiger partial charge is 1.00 e. The van der Waals surface area contributed by atoms with E-state index in [9.17, 15) is 13.2 Å². The first-order valence-electron chi connectivity index (χ1n) is 3.36. The van der Waals surface area contributed by atoms with Gasteiger partial charge in [-0.25, -0.2) is 4.79 Å². The molecule has 0 atom stereocenters. The molecule has 78 valence electrons. The van der Waals surface area contributed by atoms with Crippen LogP contribution in [0.3, 0.4) is 0 Å². The molecular weight excluding hydrogens is 235 g/mol. The number of rotatable bonds is 2. The zero-order chi connectivity index (χ0) is 10.9. The first-order chi connectivity index (χ1) is 6.32. The van der Waals surface area contributed by atoms with Crippen molar-refractivity contribution in [1.29, 1.82) is 0 Å². The number of carboxylic acid groups (broad SMARTS) is 1. The Morgan fingerprint density at radius 3 is 2.27 bits per heavy atom. The minimum Gasteiger partial charge on any atom is -1.00 e. The SMILES string of the molecule is O=C(O)c1cc(O)ccc1S(=O)(=O)O.[H-].[Na+]. The molecule has 0 aromatic heterocycles. The summed E-state index contributed by atoms with van der Waals surface area (Å²) in [7, 11) is -4.59. The van der Waals surface area contributed by atoms with Gasteiger partial charge in [-0.3, -0.25) is 4.55 Å². The van der Waals surface area contributed by atoms with Crippen molar-refractivity contribution in [1.82, 2.24) is 0 Å². The molecule has 0 spiro atoms. The summed E-state index contributed by atoms with van der Waals surface area (Å²) < 4.78 is 30.0. The number of carbonyl (C=O) groups is 1.